The minimum Gasteiger partial charge on any atom is -0.374 e. The smallest absolute Gasteiger partial charge is 0.253 e. The molecule has 24 heavy (non-hydrogen) atoms. The molecule has 0 saturated carbocycles. The van der Waals surface area contributed by atoms with Crippen molar-refractivity contribution < 1.29 is 9.59 Å². The number of aromatic nitrogens is 2. The second kappa shape index (κ2) is 8.65. The molecular formula is C15H19N5O2S2. The van der Waals surface area contributed by atoms with Crippen molar-refractivity contribution in [2.75, 3.05) is 29.9 Å². The third kappa shape index (κ3) is 4.93. The number of nitrogens with zero attached hydrogens (tertiary/aromatic N) is 3. The number of carbonyl (C=O) groups is 2. The van der Waals surface area contributed by atoms with Crippen LogP contribution < -0.4 is 11.1 Å². The maximum Gasteiger partial charge on any atom is 0.253 e. The Balaban J connectivity index is 1.88. The van der Waals surface area contributed by atoms with Gasteiger partial charge >= 0.3 is 0 Å². The summed E-state index contributed by atoms with van der Waals surface area (Å²) in [5, 5.41) is 10.7. The molecule has 0 atom stereocenters. The highest BCUT2D eigenvalue weighted by atomic mass is 32.2. The molecule has 3 N–H and O–H groups in total. The molecule has 2 rings (SSSR count). The van der Waals surface area contributed by atoms with Crippen LogP contribution in [0.5, 0.6) is 0 Å². The number of anilines is 2. The lowest BCUT2D eigenvalue weighted by atomic mass is 10.2. The van der Waals surface area contributed by atoms with E-state index in [0.717, 1.165) is 0 Å². The van der Waals surface area contributed by atoms with Crippen molar-refractivity contribution in [1.82, 2.24) is 15.1 Å². The van der Waals surface area contributed by atoms with E-state index in [0.29, 0.717) is 33.8 Å². The molecule has 0 fully saturated rings. The highest BCUT2D eigenvalue weighted by Gasteiger charge is 2.12. The summed E-state index contributed by atoms with van der Waals surface area (Å²) in [4.78, 5) is 25.9. The number of carbonyl (C=O) groups excluding carboxylic acids is 2. The first-order valence-corrected chi connectivity index (χ1v) is 9.24. The quantitative estimate of drug-likeness (QED) is 0.730. The zero-order valence-electron chi connectivity index (χ0n) is 13.5. The van der Waals surface area contributed by atoms with Gasteiger partial charge in [-0.1, -0.05) is 23.1 Å². The fraction of sp³-hybridized carbons (Fsp3) is 0.333. The van der Waals surface area contributed by atoms with Gasteiger partial charge in [-0.15, -0.1) is 10.2 Å². The predicted octanol–water partition coefficient (Wildman–Crippen LogP) is 2.33. The van der Waals surface area contributed by atoms with E-state index < -0.39 is 0 Å². The van der Waals surface area contributed by atoms with Crippen LogP contribution in [0.25, 0.3) is 0 Å². The van der Waals surface area contributed by atoms with Gasteiger partial charge in [-0.05, 0) is 38.1 Å². The van der Waals surface area contributed by atoms with Crippen LogP contribution in [0.15, 0.2) is 28.6 Å². The van der Waals surface area contributed by atoms with E-state index >= 15 is 0 Å². The van der Waals surface area contributed by atoms with Gasteiger partial charge in [-0.2, -0.15) is 0 Å². The Bertz CT molecular complexity index is 698. The van der Waals surface area contributed by atoms with E-state index in [1.165, 1.54) is 23.1 Å². The lowest BCUT2D eigenvalue weighted by Crippen LogP contribution is -2.30. The largest absolute Gasteiger partial charge is 0.374 e. The fourth-order valence-corrected chi connectivity index (χ4v) is 3.43. The second-order valence-corrected chi connectivity index (χ2v) is 7.03. The number of amides is 2. The Morgan fingerprint density at radius 3 is 2.42 bits per heavy atom. The number of benzene rings is 1. The molecule has 0 spiro atoms. The van der Waals surface area contributed by atoms with E-state index in [1.807, 2.05) is 13.8 Å². The number of nitrogen functional groups attached to an aromatic ring is 1. The summed E-state index contributed by atoms with van der Waals surface area (Å²) in [5.41, 5.74) is 6.74. The van der Waals surface area contributed by atoms with Crippen molar-refractivity contribution in [2.45, 2.75) is 18.2 Å². The van der Waals surface area contributed by atoms with E-state index in [1.54, 1.807) is 29.2 Å². The maximum atomic E-state index is 12.2. The molecule has 2 amide bonds. The number of rotatable bonds is 7. The molecule has 1 aromatic carbocycles. The lowest BCUT2D eigenvalue weighted by molar-refractivity contribution is -0.113. The average molecular weight is 365 g/mol. The second-order valence-electron chi connectivity index (χ2n) is 4.80. The van der Waals surface area contributed by atoms with Crippen molar-refractivity contribution in [3.05, 3.63) is 29.8 Å². The highest BCUT2D eigenvalue weighted by Crippen LogP contribution is 2.23. The zero-order valence-corrected chi connectivity index (χ0v) is 15.1. The zero-order chi connectivity index (χ0) is 17.5. The van der Waals surface area contributed by atoms with Crippen molar-refractivity contribution in [3.8, 4) is 0 Å². The van der Waals surface area contributed by atoms with Crippen LogP contribution in [-0.4, -0.2) is 45.8 Å². The first kappa shape index (κ1) is 18.2. The molecule has 0 aliphatic heterocycles. The number of hydrogen-bond donors (Lipinski definition) is 2. The van der Waals surface area contributed by atoms with Gasteiger partial charge in [0.2, 0.25) is 11.0 Å². The van der Waals surface area contributed by atoms with E-state index in [2.05, 4.69) is 15.5 Å². The summed E-state index contributed by atoms with van der Waals surface area (Å²) in [7, 11) is 0. The molecule has 0 aliphatic carbocycles. The molecule has 0 radical (unpaired) electrons. The van der Waals surface area contributed by atoms with Crippen LogP contribution in [0.1, 0.15) is 24.2 Å². The predicted molar refractivity (Wildman–Crippen MR) is 97.4 cm³/mol. The molecule has 0 bridgehead atoms. The van der Waals surface area contributed by atoms with Gasteiger partial charge in [0, 0.05) is 24.3 Å². The van der Waals surface area contributed by atoms with Gasteiger partial charge in [0.1, 0.15) is 0 Å². The van der Waals surface area contributed by atoms with Crippen LogP contribution >= 0.6 is 23.1 Å². The Hall–Kier alpha value is -2.13. The van der Waals surface area contributed by atoms with E-state index in [-0.39, 0.29) is 17.6 Å². The van der Waals surface area contributed by atoms with E-state index in [4.69, 9.17) is 5.73 Å². The Labute approximate surface area is 148 Å². The highest BCUT2D eigenvalue weighted by molar-refractivity contribution is 8.01. The molecule has 9 heteroatoms. The monoisotopic (exact) mass is 365 g/mol. The third-order valence-electron chi connectivity index (χ3n) is 3.22. The van der Waals surface area contributed by atoms with Gasteiger partial charge < -0.3 is 16.0 Å². The van der Waals surface area contributed by atoms with Gasteiger partial charge in [0.05, 0.1) is 5.75 Å². The van der Waals surface area contributed by atoms with Crippen molar-refractivity contribution in [1.29, 1.82) is 0 Å². The first-order valence-electron chi connectivity index (χ1n) is 7.44. The van der Waals surface area contributed by atoms with Crippen LogP contribution in [0.2, 0.25) is 0 Å². The number of nitrogens with one attached hydrogen (secondary N) is 1. The summed E-state index contributed by atoms with van der Waals surface area (Å²) in [6.45, 7) is 5.22. The lowest BCUT2D eigenvalue weighted by Gasteiger charge is -2.18. The number of thioether (sulfide) groups is 1. The third-order valence-corrected chi connectivity index (χ3v) is 5.10. The van der Waals surface area contributed by atoms with Gasteiger partial charge in [-0.3, -0.25) is 9.59 Å². The SMILES string of the molecule is CCN(CC)C(=O)c1ccc(NC(=O)CSc2nnc(N)s2)cc1. The van der Waals surface area contributed by atoms with Gasteiger partial charge in [0.25, 0.3) is 5.91 Å². The van der Waals surface area contributed by atoms with Crippen molar-refractivity contribution in [2.24, 2.45) is 0 Å². The van der Waals surface area contributed by atoms with Crippen molar-refractivity contribution in [3.63, 3.8) is 0 Å². The number of hydrogen-bond acceptors (Lipinski definition) is 7. The average Bonchev–Trinajstić information content (AvgIpc) is 3.00. The Morgan fingerprint density at radius 2 is 1.88 bits per heavy atom. The minimum absolute atomic E-state index is 0.0118. The van der Waals surface area contributed by atoms with Crippen LogP contribution in [0.4, 0.5) is 10.8 Å². The maximum absolute atomic E-state index is 12.2. The van der Waals surface area contributed by atoms with Gasteiger partial charge in [0.15, 0.2) is 4.34 Å². The normalized spacial score (nSPS) is 10.4. The summed E-state index contributed by atoms with van der Waals surface area (Å²) in [6, 6.07) is 6.88. The summed E-state index contributed by atoms with van der Waals surface area (Å²) < 4.78 is 0.655. The Morgan fingerprint density at radius 1 is 1.21 bits per heavy atom. The Kier molecular flexibility index (Phi) is 6.56. The molecule has 0 aliphatic rings. The molecule has 128 valence electrons. The van der Waals surface area contributed by atoms with E-state index in [9.17, 15) is 9.59 Å². The molecule has 0 unspecified atom stereocenters. The van der Waals surface area contributed by atoms with Gasteiger partial charge in [-0.25, -0.2) is 0 Å². The first-order chi connectivity index (χ1) is 11.5. The molecule has 1 heterocycles. The summed E-state index contributed by atoms with van der Waals surface area (Å²) in [6.07, 6.45) is 0. The summed E-state index contributed by atoms with van der Waals surface area (Å²) in [5.74, 6) is 0.0493. The topological polar surface area (TPSA) is 101 Å². The molecule has 0 saturated heterocycles. The molecular weight excluding hydrogens is 346 g/mol. The fourth-order valence-electron chi connectivity index (χ4n) is 1.99. The van der Waals surface area contributed by atoms with Crippen LogP contribution in [0.3, 0.4) is 0 Å². The molecule has 7 nitrogen and oxygen atoms in total. The number of nitrogens with two attached hydrogens (primary N) is 1. The standard InChI is InChI=1S/C15H19N5O2S2/c1-3-20(4-2)13(22)10-5-7-11(8-6-10)17-12(21)9-23-15-19-18-14(16)24-15/h5-8H,3-4,9H2,1-2H3,(H2,16,18)(H,17,21). The minimum atomic E-state index is -0.156. The molecule has 1 aromatic heterocycles. The summed E-state index contributed by atoms with van der Waals surface area (Å²) >= 11 is 2.52. The van der Waals surface area contributed by atoms with Crippen molar-refractivity contribution >= 4 is 45.7 Å². The van der Waals surface area contributed by atoms with Crippen LogP contribution in [-0.2, 0) is 4.79 Å². The molecule has 2 aromatic rings. The van der Waals surface area contributed by atoms with Crippen LogP contribution in [0, 0.1) is 0 Å².